The molecular weight excluding hydrogens is 545 g/mol. The summed E-state index contributed by atoms with van der Waals surface area (Å²) >= 11 is 0. The maximum atomic E-state index is 14.0. The van der Waals surface area contributed by atoms with Crippen LogP contribution in [0, 0.1) is 6.92 Å². The number of carbonyl (C=O) groups is 2. The SMILES string of the molecule is Cc1cccc2c(C3=C(c4nc(N5CCNC6(CC6)C5)cc5ccccc45)C(=O)N(COP(=O)(O)O)C3=O)c[nH]c12. The average Bonchev–Trinajstić information content (AvgIpc) is 3.45. The monoisotopic (exact) mass is 573 g/mol. The standard InChI is InChI=1S/C29H28N5O6P/c1-17-5-4-8-20-21(14-30-25(17)20)23-24(28(36)34(27(23)35)16-40-41(37,38)39)26-19-7-3-2-6-18(19)13-22(32-26)33-12-11-31-29(15-33)9-10-29/h2-8,13-14,30-31H,9-12,15-16H2,1H3,(H2,37,38,39). The summed E-state index contributed by atoms with van der Waals surface area (Å²) in [5.41, 5.74) is 2.90. The normalized spacial score (nSPS) is 18.9. The van der Waals surface area contributed by atoms with Gasteiger partial charge in [0.15, 0.2) is 0 Å². The summed E-state index contributed by atoms with van der Waals surface area (Å²) in [5, 5.41) is 5.90. The topological polar surface area (TPSA) is 148 Å². The number of nitrogens with zero attached hydrogens (tertiary/aromatic N) is 3. The molecule has 4 heterocycles. The van der Waals surface area contributed by atoms with E-state index in [1.807, 2.05) is 55.5 Å². The van der Waals surface area contributed by atoms with Crippen LogP contribution >= 0.6 is 7.82 Å². The Hall–Kier alpha value is -3.86. The van der Waals surface area contributed by atoms with Crippen molar-refractivity contribution in [2.75, 3.05) is 31.3 Å². The number of anilines is 1. The van der Waals surface area contributed by atoms with Crippen molar-refractivity contribution in [3.8, 4) is 0 Å². The molecule has 2 amide bonds. The minimum Gasteiger partial charge on any atom is -0.360 e. The highest BCUT2D eigenvalue weighted by Crippen LogP contribution is 2.44. The molecule has 1 saturated heterocycles. The first-order valence-corrected chi connectivity index (χ1v) is 14.9. The molecule has 0 bridgehead atoms. The number of benzene rings is 2. The number of aromatic nitrogens is 2. The van der Waals surface area contributed by atoms with Crippen LogP contribution in [0.1, 0.15) is 29.7 Å². The number of para-hydroxylation sites is 1. The van der Waals surface area contributed by atoms with Crippen LogP contribution in [0.25, 0.3) is 32.8 Å². The highest BCUT2D eigenvalue weighted by Gasteiger charge is 2.46. The predicted molar refractivity (Wildman–Crippen MR) is 154 cm³/mol. The van der Waals surface area contributed by atoms with E-state index < -0.39 is 26.4 Å². The van der Waals surface area contributed by atoms with E-state index in [0.717, 1.165) is 59.2 Å². The molecule has 2 aromatic carbocycles. The Morgan fingerprint density at radius 2 is 1.80 bits per heavy atom. The van der Waals surface area contributed by atoms with Crippen molar-refractivity contribution in [2.45, 2.75) is 25.3 Å². The first-order valence-electron chi connectivity index (χ1n) is 13.4. The number of phosphoric acid groups is 1. The first kappa shape index (κ1) is 26.1. The van der Waals surface area contributed by atoms with Crippen LogP contribution in [0.5, 0.6) is 0 Å². The molecule has 4 aromatic rings. The van der Waals surface area contributed by atoms with Crippen molar-refractivity contribution in [1.29, 1.82) is 0 Å². The predicted octanol–water partition coefficient (Wildman–Crippen LogP) is 3.31. The summed E-state index contributed by atoms with van der Waals surface area (Å²) in [6.07, 6.45) is 3.88. The molecule has 0 unspecified atom stereocenters. The van der Waals surface area contributed by atoms with E-state index in [-0.39, 0.29) is 16.7 Å². The number of aryl methyl sites for hydroxylation is 1. The minimum absolute atomic E-state index is 0.0704. The summed E-state index contributed by atoms with van der Waals surface area (Å²) < 4.78 is 16.1. The van der Waals surface area contributed by atoms with E-state index in [4.69, 9.17) is 4.98 Å². The van der Waals surface area contributed by atoms with Crippen LogP contribution in [0.15, 0.2) is 54.7 Å². The van der Waals surface area contributed by atoms with Crippen LogP contribution in [0.3, 0.4) is 0 Å². The average molecular weight is 574 g/mol. The third-order valence-electron chi connectivity index (χ3n) is 8.23. The second-order valence-corrected chi connectivity index (χ2v) is 12.2. The number of nitrogens with one attached hydrogen (secondary N) is 2. The summed E-state index contributed by atoms with van der Waals surface area (Å²) in [6, 6.07) is 15.3. The molecule has 41 heavy (non-hydrogen) atoms. The number of hydrogen-bond donors (Lipinski definition) is 4. The lowest BCUT2D eigenvalue weighted by Crippen LogP contribution is -2.52. The van der Waals surface area contributed by atoms with Gasteiger partial charge in [-0.25, -0.2) is 14.4 Å². The number of amides is 2. The molecule has 0 radical (unpaired) electrons. The maximum Gasteiger partial charge on any atom is 0.471 e. The first-order chi connectivity index (χ1) is 19.6. The Morgan fingerprint density at radius 1 is 1.05 bits per heavy atom. The fourth-order valence-electron chi connectivity index (χ4n) is 5.98. The minimum atomic E-state index is -4.96. The van der Waals surface area contributed by atoms with Crippen LogP contribution < -0.4 is 10.2 Å². The highest BCUT2D eigenvalue weighted by molar-refractivity contribution is 7.46. The molecule has 1 spiro atoms. The summed E-state index contributed by atoms with van der Waals surface area (Å²) in [4.78, 5) is 57.8. The lowest BCUT2D eigenvalue weighted by molar-refractivity contribution is -0.139. The van der Waals surface area contributed by atoms with Crippen molar-refractivity contribution < 1.29 is 28.5 Å². The summed E-state index contributed by atoms with van der Waals surface area (Å²) in [6.45, 7) is 3.40. The Balaban J connectivity index is 1.45. The molecule has 1 aliphatic carbocycles. The van der Waals surface area contributed by atoms with Crippen LogP contribution in [-0.4, -0.2) is 68.4 Å². The number of imide groups is 1. The van der Waals surface area contributed by atoms with Crippen LogP contribution in [-0.2, 0) is 18.7 Å². The van der Waals surface area contributed by atoms with E-state index in [0.29, 0.717) is 22.5 Å². The third kappa shape index (κ3) is 4.46. The van der Waals surface area contributed by atoms with Gasteiger partial charge in [0.2, 0.25) is 0 Å². The molecule has 2 aliphatic heterocycles. The van der Waals surface area contributed by atoms with Gasteiger partial charge in [-0.05, 0) is 36.8 Å². The lowest BCUT2D eigenvalue weighted by atomic mass is 9.95. The van der Waals surface area contributed by atoms with Crippen LogP contribution in [0.4, 0.5) is 5.82 Å². The maximum absolute atomic E-state index is 14.0. The van der Waals surface area contributed by atoms with Crippen molar-refractivity contribution in [3.05, 3.63) is 71.5 Å². The van der Waals surface area contributed by atoms with E-state index >= 15 is 0 Å². The number of hydrogen-bond acceptors (Lipinski definition) is 7. The number of carbonyl (C=O) groups excluding carboxylic acids is 2. The van der Waals surface area contributed by atoms with Gasteiger partial charge < -0.3 is 25.0 Å². The summed E-state index contributed by atoms with van der Waals surface area (Å²) in [7, 11) is -4.96. The zero-order valence-corrected chi connectivity index (χ0v) is 23.1. The Kier molecular flexibility index (Phi) is 5.93. The Bertz CT molecular complexity index is 1840. The van der Waals surface area contributed by atoms with Crippen molar-refractivity contribution in [1.82, 2.24) is 20.2 Å². The molecule has 11 nitrogen and oxygen atoms in total. The number of pyridine rings is 1. The third-order valence-corrected chi connectivity index (χ3v) is 8.68. The van der Waals surface area contributed by atoms with Crippen molar-refractivity contribution in [3.63, 3.8) is 0 Å². The largest absolute Gasteiger partial charge is 0.471 e. The second-order valence-electron chi connectivity index (χ2n) is 10.9. The summed E-state index contributed by atoms with van der Waals surface area (Å²) in [5.74, 6) is -0.733. The van der Waals surface area contributed by atoms with Gasteiger partial charge in [0.1, 0.15) is 12.5 Å². The van der Waals surface area contributed by atoms with E-state index in [1.165, 1.54) is 0 Å². The molecule has 12 heteroatoms. The van der Waals surface area contributed by atoms with Gasteiger partial charge in [0.25, 0.3) is 11.8 Å². The van der Waals surface area contributed by atoms with Gasteiger partial charge >= 0.3 is 7.82 Å². The van der Waals surface area contributed by atoms with Gasteiger partial charge in [-0.1, -0.05) is 42.5 Å². The van der Waals surface area contributed by atoms with E-state index in [2.05, 4.69) is 19.7 Å². The molecule has 0 atom stereocenters. The molecule has 2 fully saturated rings. The molecule has 2 aromatic heterocycles. The van der Waals surface area contributed by atoms with Crippen LogP contribution in [0.2, 0.25) is 0 Å². The second kappa shape index (κ2) is 9.34. The highest BCUT2D eigenvalue weighted by atomic mass is 31.2. The van der Waals surface area contributed by atoms with Gasteiger partial charge in [0.05, 0.1) is 16.8 Å². The number of fused-ring (bicyclic) bond motifs is 2. The van der Waals surface area contributed by atoms with Gasteiger partial charge in [0, 0.05) is 53.2 Å². The Labute approximate surface area is 235 Å². The van der Waals surface area contributed by atoms with E-state index in [9.17, 15) is 23.9 Å². The number of rotatable bonds is 6. The molecule has 7 rings (SSSR count). The molecule has 210 valence electrons. The fraction of sp³-hybridized carbons (Fsp3) is 0.276. The Morgan fingerprint density at radius 3 is 2.59 bits per heavy atom. The quantitative estimate of drug-likeness (QED) is 0.201. The molecule has 4 N–H and O–H groups in total. The van der Waals surface area contributed by atoms with Gasteiger partial charge in [-0.3, -0.25) is 14.1 Å². The molecular formula is C29H28N5O6P. The molecule has 1 saturated carbocycles. The zero-order chi connectivity index (χ0) is 28.5. The lowest BCUT2D eigenvalue weighted by Gasteiger charge is -2.35. The molecule has 3 aliphatic rings. The number of phosphoric ester groups is 1. The number of aromatic amines is 1. The van der Waals surface area contributed by atoms with Crippen molar-refractivity contribution >= 4 is 58.3 Å². The zero-order valence-electron chi connectivity index (χ0n) is 22.3. The van der Waals surface area contributed by atoms with E-state index in [1.54, 1.807) is 6.20 Å². The number of piperazine rings is 1. The van der Waals surface area contributed by atoms with Gasteiger partial charge in [-0.2, -0.15) is 0 Å². The van der Waals surface area contributed by atoms with Crippen molar-refractivity contribution in [2.24, 2.45) is 0 Å². The van der Waals surface area contributed by atoms with Gasteiger partial charge in [-0.15, -0.1) is 0 Å². The smallest absolute Gasteiger partial charge is 0.360 e. The fourth-order valence-corrected chi connectivity index (χ4v) is 6.25. The number of H-pyrrole nitrogens is 1.